The van der Waals surface area contributed by atoms with Crippen molar-refractivity contribution in [3.8, 4) is 0 Å². The first kappa shape index (κ1) is 32.4. The lowest BCUT2D eigenvalue weighted by Crippen LogP contribution is -2.70. The lowest BCUT2D eigenvalue weighted by molar-refractivity contribution is -0.218. The molecule has 1 spiro atoms. The number of hydrogen-bond acceptors (Lipinski definition) is 11. The molecule has 13 nitrogen and oxygen atoms in total. The van der Waals surface area contributed by atoms with Crippen LogP contribution in [0.4, 0.5) is 0 Å². The van der Waals surface area contributed by atoms with Crippen molar-refractivity contribution in [1.82, 2.24) is 15.3 Å². The first-order valence-corrected chi connectivity index (χ1v) is 17.1. The number of aliphatic hydroxyl groups is 2. The van der Waals surface area contributed by atoms with Gasteiger partial charge in [-0.05, 0) is 41.2 Å². The maximum Gasteiger partial charge on any atom is 0.327 e. The van der Waals surface area contributed by atoms with Crippen LogP contribution >= 0.6 is 0 Å². The highest BCUT2D eigenvalue weighted by Gasteiger charge is 2.77. The minimum Gasteiger partial charge on any atom is -0.499 e. The van der Waals surface area contributed by atoms with Crippen LogP contribution in [0.25, 0.3) is 6.08 Å². The van der Waals surface area contributed by atoms with E-state index in [4.69, 9.17) is 28.9 Å². The van der Waals surface area contributed by atoms with Gasteiger partial charge in [-0.1, -0.05) is 48.5 Å². The second-order valence-electron chi connectivity index (χ2n) is 13.7. The standard InChI is InChI=1S/C36H41N3O10/c40-14-12-37-32(42)26-6-3-13-38(26)34(44)36-20-27-28-29(48-35(47-28)18-24-4-1-2-5-25(24)19-35)31(36)49-39(30(36)33(43)46-27)21-23-9-7-22(8-10-23)11-16-45-17-15-41/h1-2,4-5,7-11,16,26-31,40-41H,3,6,12-15,17-21H2,(H,37,42)/t26-,27-,28+,29+,30+,31-,36+/m1/s1. The zero-order valence-electron chi connectivity index (χ0n) is 27.1. The minimum absolute atomic E-state index is 0.0722. The molecule has 49 heavy (non-hydrogen) atoms. The van der Waals surface area contributed by atoms with Gasteiger partial charge in [-0.25, -0.2) is 0 Å². The monoisotopic (exact) mass is 675 g/mol. The van der Waals surface area contributed by atoms with Gasteiger partial charge in [0.05, 0.1) is 26.0 Å². The van der Waals surface area contributed by atoms with E-state index in [1.165, 1.54) is 6.26 Å². The van der Waals surface area contributed by atoms with Gasteiger partial charge in [0.15, 0.2) is 11.8 Å². The number of benzene rings is 2. The summed E-state index contributed by atoms with van der Waals surface area (Å²) in [4.78, 5) is 50.6. The van der Waals surface area contributed by atoms with E-state index in [1.807, 2.05) is 36.4 Å². The number of carbonyl (C=O) groups excluding carboxylic acids is 3. The van der Waals surface area contributed by atoms with Crippen molar-refractivity contribution in [2.45, 2.75) is 80.9 Å². The van der Waals surface area contributed by atoms with Gasteiger partial charge >= 0.3 is 5.97 Å². The number of esters is 1. The predicted molar refractivity (Wildman–Crippen MR) is 171 cm³/mol. The van der Waals surface area contributed by atoms with Gasteiger partial charge < -0.3 is 39.4 Å². The molecule has 6 aliphatic rings. The Hall–Kier alpha value is -3.85. The van der Waals surface area contributed by atoms with E-state index < -0.39 is 53.7 Å². The Bertz CT molecular complexity index is 1610. The van der Waals surface area contributed by atoms with Gasteiger partial charge in [-0.15, -0.1) is 0 Å². The second kappa shape index (κ2) is 12.8. The summed E-state index contributed by atoms with van der Waals surface area (Å²) in [5.41, 5.74) is 2.60. The summed E-state index contributed by atoms with van der Waals surface area (Å²) in [5, 5.41) is 22.5. The highest BCUT2D eigenvalue weighted by atomic mass is 16.8. The summed E-state index contributed by atoms with van der Waals surface area (Å²) in [5.74, 6) is -2.19. The normalized spacial score (nSPS) is 32.4. The molecule has 2 aliphatic carbocycles. The zero-order valence-corrected chi connectivity index (χ0v) is 27.1. The second-order valence-corrected chi connectivity index (χ2v) is 13.7. The van der Waals surface area contributed by atoms with Crippen LogP contribution in [0.2, 0.25) is 0 Å². The molecule has 2 aromatic carbocycles. The van der Waals surface area contributed by atoms with E-state index in [0.717, 1.165) is 22.3 Å². The third kappa shape index (κ3) is 5.43. The SMILES string of the molecule is O=C(NCCO)[C@H]1CCCN1C(=O)[C@@]12C[C@H]3OC(=O)[C@@H]1N(Cc1ccc(C=COCCO)cc1)O[C@@H]2[C@H]1OC2(Cc4ccccc4C2)O[C@H]13. The molecule has 0 aromatic heterocycles. The van der Waals surface area contributed by atoms with Crippen molar-refractivity contribution in [2.24, 2.45) is 5.41 Å². The number of nitrogens with one attached hydrogen (secondary N) is 1. The van der Waals surface area contributed by atoms with Crippen molar-refractivity contribution in [3.63, 3.8) is 0 Å². The number of carbonyl (C=O) groups is 3. The third-order valence-electron chi connectivity index (χ3n) is 10.8. The molecule has 2 aromatic rings. The Labute approximate surface area is 283 Å². The molecule has 260 valence electrons. The number of rotatable bonds is 10. The molecule has 4 heterocycles. The fourth-order valence-corrected chi connectivity index (χ4v) is 8.75. The smallest absolute Gasteiger partial charge is 0.327 e. The molecule has 7 atom stereocenters. The highest BCUT2D eigenvalue weighted by molar-refractivity contribution is 5.96. The number of aliphatic hydroxyl groups excluding tert-OH is 2. The number of hydrogen-bond donors (Lipinski definition) is 3. The Balaban J connectivity index is 1.12. The van der Waals surface area contributed by atoms with Gasteiger partial charge in [0.1, 0.15) is 42.5 Å². The van der Waals surface area contributed by atoms with Crippen LogP contribution in [-0.2, 0) is 57.6 Å². The maximum atomic E-state index is 15.0. The largest absolute Gasteiger partial charge is 0.499 e. The third-order valence-corrected chi connectivity index (χ3v) is 10.8. The molecule has 4 saturated heterocycles. The molecule has 8 rings (SSSR count). The summed E-state index contributed by atoms with van der Waals surface area (Å²) in [6.45, 7) is 0.559. The number of likely N-dealkylation sites (tertiary alicyclic amines) is 1. The molecule has 2 amide bonds. The van der Waals surface area contributed by atoms with E-state index in [-0.39, 0.29) is 51.1 Å². The molecular formula is C36H41N3O10. The van der Waals surface area contributed by atoms with Crippen LogP contribution < -0.4 is 5.32 Å². The Morgan fingerprint density at radius 2 is 1.78 bits per heavy atom. The molecule has 4 aliphatic heterocycles. The summed E-state index contributed by atoms with van der Waals surface area (Å²) >= 11 is 0. The zero-order chi connectivity index (χ0) is 33.8. The summed E-state index contributed by atoms with van der Waals surface area (Å²) in [6, 6.07) is 13.9. The first-order valence-electron chi connectivity index (χ1n) is 17.1. The molecule has 0 radical (unpaired) electrons. The summed E-state index contributed by atoms with van der Waals surface area (Å²) < 4.78 is 24.9. The van der Waals surface area contributed by atoms with E-state index in [0.29, 0.717) is 32.2 Å². The van der Waals surface area contributed by atoms with E-state index in [9.17, 15) is 14.7 Å². The van der Waals surface area contributed by atoms with Crippen LogP contribution in [0.5, 0.6) is 0 Å². The maximum absolute atomic E-state index is 15.0. The van der Waals surface area contributed by atoms with Gasteiger partial charge in [0.2, 0.25) is 11.8 Å². The van der Waals surface area contributed by atoms with Crippen LogP contribution in [0.3, 0.4) is 0 Å². The van der Waals surface area contributed by atoms with Gasteiger partial charge in [-0.3, -0.25) is 19.2 Å². The fourth-order valence-electron chi connectivity index (χ4n) is 8.75. The number of fused-ring (bicyclic) bond motifs is 5. The Morgan fingerprint density at radius 1 is 1.02 bits per heavy atom. The van der Waals surface area contributed by atoms with Gasteiger partial charge in [-0.2, -0.15) is 5.06 Å². The predicted octanol–water partition coefficient (Wildman–Crippen LogP) is 0.845. The minimum atomic E-state index is -1.38. The molecule has 3 N–H and O–H groups in total. The lowest BCUT2D eigenvalue weighted by atomic mass is 9.62. The number of hydroxylamine groups is 2. The fraction of sp³-hybridized carbons (Fsp3) is 0.528. The van der Waals surface area contributed by atoms with E-state index in [1.54, 1.807) is 16.0 Å². The molecule has 13 heteroatoms. The van der Waals surface area contributed by atoms with Crippen molar-refractivity contribution in [1.29, 1.82) is 0 Å². The first-order chi connectivity index (χ1) is 23.9. The highest BCUT2D eigenvalue weighted by Crippen LogP contribution is 2.59. The van der Waals surface area contributed by atoms with Crippen molar-refractivity contribution in [3.05, 3.63) is 77.0 Å². The van der Waals surface area contributed by atoms with E-state index >= 15 is 4.79 Å². The topological polar surface area (TPSA) is 156 Å². The van der Waals surface area contributed by atoms with Gasteiger partial charge in [0.25, 0.3) is 0 Å². The van der Waals surface area contributed by atoms with Crippen LogP contribution in [-0.4, -0.2) is 113 Å². The molecule has 1 saturated carbocycles. The van der Waals surface area contributed by atoms with Crippen molar-refractivity contribution < 1.29 is 48.4 Å². The average molecular weight is 676 g/mol. The Morgan fingerprint density at radius 3 is 2.51 bits per heavy atom. The summed E-state index contributed by atoms with van der Waals surface area (Å²) in [7, 11) is 0. The van der Waals surface area contributed by atoms with Crippen LogP contribution in [0, 0.1) is 5.41 Å². The number of nitrogens with zero attached hydrogens (tertiary/aromatic N) is 2. The molecule has 2 bridgehead atoms. The van der Waals surface area contributed by atoms with Crippen LogP contribution in [0.15, 0.2) is 54.8 Å². The Kier molecular flexibility index (Phi) is 8.45. The molecule has 0 unspecified atom stereocenters. The summed E-state index contributed by atoms with van der Waals surface area (Å²) in [6.07, 6.45) is 2.72. The number of amides is 2. The average Bonchev–Trinajstić information content (AvgIpc) is 3.89. The van der Waals surface area contributed by atoms with Crippen molar-refractivity contribution >= 4 is 23.9 Å². The lowest BCUT2D eigenvalue weighted by Gasteiger charge is -2.50. The number of ether oxygens (including phenoxy) is 4. The quantitative estimate of drug-likeness (QED) is 0.186. The van der Waals surface area contributed by atoms with Crippen molar-refractivity contribution in [2.75, 3.05) is 32.9 Å². The van der Waals surface area contributed by atoms with Gasteiger partial charge in [0, 0.05) is 32.4 Å². The molecule has 5 fully saturated rings. The van der Waals surface area contributed by atoms with E-state index in [2.05, 4.69) is 17.4 Å². The van der Waals surface area contributed by atoms with Crippen LogP contribution in [0.1, 0.15) is 41.5 Å². The molecular weight excluding hydrogens is 634 g/mol.